The SMILES string of the molecule is C1=c2oc3ccc(-c4ccc5sc6ccc(-c7ccccc7)cc6c5c4)cc3c2=CC(c2ccccc2)C1. The van der Waals surface area contributed by atoms with Crippen LogP contribution in [-0.2, 0) is 0 Å². The maximum Gasteiger partial charge on any atom is 0.135 e. The van der Waals surface area contributed by atoms with Gasteiger partial charge in [0.05, 0.1) is 0 Å². The van der Waals surface area contributed by atoms with E-state index in [4.69, 9.17) is 4.42 Å². The quantitative estimate of drug-likeness (QED) is 0.234. The first-order valence-electron chi connectivity index (χ1n) is 13.1. The molecule has 180 valence electrons. The van der Waals surface area contributed by atoms with E-state index < -0.39 is 0 Å². The molecule has 0 bridgehead atoms. The fourth-order valence-electron chi connectivity index (χ4n) is 5.84. The zero-order valence-corrected chi connectivity index (χ0v) is 21.5. The van der Waals surface area contributed by atoms with Crippen molar-refractivity contribution in [3.05, 3.63) is 131 Å². The smallest absolute Gasteiger partial charge is 0.135 e. The molecule has 1 unspecified atom stereocenters. The van der Waals surface area contributed by atoms with E-state index in [1.54, 1.807) is 0 Å². The van der Waals surface area contributed by atoms with E-state index in [-0.39, 0.29) is 0 Å². The van der Waals surface area contributed by atoms with Crippen molar-refractivity contribution in [2.45, 2.75) is 12.3 Å². The van der Waals surface area contributed by atoms with Crippen LogP contribution in [-0.4, -0.2) is 0 Å². The van der Waals surface area contributed by atoms with Crippen LogP contribution in [0.3, 0.4) is 0 Å². The van der Waals surface area contributed by atoms with E-state index in [1.165, 1.54) is 58.6 Å². The predicted octanol–water partition coefficient (Wildman–Crippen LogP) is 8.88. The summed E-state index contributed by atoms with van der Waals surface area (Å²) >= 11 is 1.87. The van der Waals surface area contributed by atoms with Crippen molar-refractivity contribution in [2.24, 2.45) is 0 Å². The van der Waals surface area contributed by atoms with Gasteiger partial charge in [-0.1, -0.05) is 84.9 Å². The van der Waals surface area contributed by atoms with Gasteiger partial charge in [0.1, 0.15) is 11.0 Å². The maximum absolute atomic E-state index is 6.25. The summed E-state index contributed by atoms with van der Waals surface area (Å²) in [5.74, 6) is 0.375. The lowest BCUT2D eigenvalue weighted by Gasteiger charge is -2.12. The molecule has 2 aromatic heterocycles. The normalized spacial score (nSPS) is 14.9. The summed E-state index contributed by atoms with van der Waals surface area (Å²) in [4.78, 5) is 0. The highest BCUT2D eigenvalue weighted by Gasteiger charge is 2.15. The highest BCUT2D eigenvalue weighted by atomic mass is 32.1. The predicted molar refractivity (Wildman–Crippen MR) is 162 cm³/mol. The van der Waals surface area contributed by atoms with Crippen LogP contribution >= 0.6 is 11.3 Å². The average Bonchev–Trinajstić information content (AvgIpc) is 3.54. The number of rotatable bonds is 3. The molecule has 0 saturated heterocycles. The molecule has 0 spiro atoms. The summed E-state index contributed by atoms with van der Waals surface area (Å²) in [5.41, 5.74) is 8.27. The van der Waals surface area contributed by atoms with E-state index in [9.17, 15) is 0 Å². The molecular weight excluding hydrogens is 480 g/mol. The third-order valence-corrected chi connectivity index (χ3v) is 8.97. The number of benzene rings is 5. The van der Waals surface area contributed by atoms with Crippen LogP contribution < -0.4 is 10.6 Å². The standard InChI is InChI=1S/C36H24OS/c1-3-7-23(8-4-1)25-11-15-33-29(19-25)30-20-27(12-16-34(30)37-33)28-14-18-36-32(22-28)31-21-26(13-17-35(31)38-36)24-9-5-2-6-10-24/h1-10,12-22,25H,11H2. The van der Waals surface area contributed by atoms with E-state index in [1.807, 2.05) is 11.3 Å². The first-order chi connectivity index (χ1) is 18.8. The van der Waals surface area contributed by atoms with Crippen molar-refractivity contribution in [3.8, 4) is 22.3 Å². The number of hydrogen-bond donors (Lipinski definition) is 0. The topological polar surface area (TPSA) is 13.1 Å². The fourth-order valence-corrected chi connectivity index (χ4v) is 6.91. The molecule has 2 heterocycles. The third-order valence-electron chi connectivity index (χ3n) is 7.82. The second-order valence-corrected chi connectivity index (χ2v) is 11.2. The van der Waals surface area contributed by atoms with E-state index in [0.717, 1.165) is 17.4 Å². The zero-order chi connectivity index (χ0) is 25.1. The molecule has 1 atom stereocenters. The van der Waals surface area contributed by atoms with Crippen molar-refractivity contribution < 1.29 is 4.42 Å². The second kappa shape index (κ2) is 8.58. The minimum absolute atomic E-state index is 0.375. The lowest BCUT2D eigenvalue weighted by atomic mass is 9.91. The lowest BCUT2D eigenvalue weighted by molar-refractivity contribution is 0.570. The molecule has 5 aromatic carbocycles. The van der Waals surface area contributed by atoms with Crippen molar-refractivity contribution in [1.82, 2.24) is 0 Å². The Morgan fingerprint density at radius 1 is 0.579 bits per heavy atom. The fraction of sp³-hybridized carbons (Fsp3) is 0.0556. The largest absolute Gasteiger partial charge is 0.456 e. The van der Waals surface area contributed by atoms with Crippen molar-refractivity contribution >= 4 is 54.6 Å². The first kappa shape index (κ1) is 21.7. The summed E-state index contributed by atoms with van der Waals surface area (Å²) in [6.07, 6.45) is 5.61. The molecular formula is C36H24OS. The molecule has 0 aliphatic heterocycles. The van der Waals surface area contributed by atoms with Gasteiger partial charge in [-0.2, -0.15) is 0 Å². The van der Waals surface area contributed by atoms with Gasteiger partial charge in [-0.25, -0.2) is 0 Å². The van der Waals surface area contributed by atoms with Crippen molar-refractivity contribution in [3.63, 3.8) is 0 Å². The Bertz CT molecular complexity index is 2100. The van der Waals surface area contributed by atoms with Crippen molar-refractivity contribution in [1.29, 1.82) is 0 Å². The van der Waals surface area contributed by atoms with Gasteiger partial charge in [-0.15, -0.1) is 11.3 Å². The van der Waals surface area contributed by atoms with Crippen LogP contribution in [0.2, 0.25) is 0 Å². The average molecular weight is 505 g/mol. The van der Waals surface area contributed by atoms with Crippen LogP contribution in [0.5, 0.6) is 0 Å². The minimum Gasteiger partial charge on any atom is -0.456 e. The molecule has 38 heavy (non-hydrogen) atoms. The molecule has 0 N–H and O–H groups in total. The molecule has 1 aliphatic carbocycles. The van der Waals surface area contributed by atoms with Gasteiger partial charge >= 0.3 is 0 Å². The van der Waals surface area contributed by atoms with Crippen LogP contribution in [0.4, 0.5) is 0 Å². The van der Waals surface area contributed by atoms with E-state index >= 15 is 0 Å². The Kier molecular flexibility index (Phi) is 4.89. The van der Waals surface area contributed by atoms with Crippen LogP contribution in [0.25, 0.3) is 65.5 Å². The van der Waals surface area contributed by atoms with E-state index in [2.05, 4.69) is 127 Å². The zero-order valence-electron chi connectivity index (χ0n) is 20.7. The summed E-state index contributed by atoms with van der Waals surface area (Å²) in [5, 5.41) is 5.05. The molecule has 7 aromatic rings. The number of furan rings is 1. The number of thiophene rings is 1. The molecule has 1 aliphatic rings. The Hall–Kier alpha value is -4.40. The Labute approximate surface area is 224 Å². The molecule has 2 heteroatoms. The highest BCUT2D eigenvalue weighted by molar-refractivity contribution is 7.25. The van der Waals surface area contributed by atoms with E-state index in [0.29, 0.717) is 5.92 Å². The monoisotopic (exact) mass is 504 g/mol. The molecule has 0 radical (unpaired) electrons. The molecule has 8 rings (SSSR count). The van der Waals surface area contributed by atoms with Gasteiger partial charge in [0.2, 0.25) is 0 Å². The number of fused-ring (bicyclic) bond motifs is 6. The maximum atomic E-state index is 6.25. The highest BCUT2D eigenvalue weighted by Crippen LogP contribution is 2.38. The van der Waals surface area contributed by atoms with Crippen LogP contribution in [0, 0.1) is 0 Å². The summed E-state index contributed by atoms with van der Waals surface area (Å²) in [7, 11) is 0. The molecule has 0 fully saturated rings. The molecule has 0 saturated carbocycles. The Morgan fingerprint density at radius 3 is 1.89 bits per heavy atom. The van der Waals surface area contributed by atoms with Crippen molar-refractivity contribution in [2.75, 3.05) is 0 Å². The number of hydrogen-bond acceptors (Lipinski definition) is 2. The van der Waals surface area contributed by atoms with Gasteiger partial charge in [-0.3, -0.25) is 0 Å². The third kappa shape index (κ3) is 3.53. The summed E-state index contributed by atoms with van der Waals surface area (Å²) < 4.78 is 8.90. The van der Waals surface area contributed by atoms with Gasteiger partial charge < -0.3 is 4.42 Å². The summed E-state index contributed by atoms with van der Waals surface area (Å²) in [6, 6.07) is 41.8. The summed E-state index contributed by atoms with van der Waals surface area (Å²) in [6.45, 7) is 0. The van der Waals surface area contributed by atoms with Gasteiger partial charge in [-0.05, 0) is 76.7 Å². The first-order valence-corrected chi connectivity index (χ1v) is 13.9. The van der Waals surface area contributed by atoms with Gasteiger partial charge in [0.15, 0.2) is 0 Å². The van der Waals surface area contributed by atoms with Gasteiger partial charge in [0, 0.05) is 36.7 Å². The van der Waals surface area contributed by atoms with Crippen LogP contribution in [0.1, 0.15) is 17.9 Å². The Balaban J connectivity index is 1.26. The minimum atomic E-state index is 0.375. The molecule has 1 nitrogen and oxygen atoms in total. The Morgan fingerprint density at radius 2 is 1.18 bits per heavy atom. The lowest BCUT2D eigenvalue weighted by Crippen LogP contribution is -2.24. The van der Waals surface area contributed by atoms with Gasteiger partial charge in [0.25, 0.3) is 0 Å². The van der Waals surface area contributed by atoms with Crippen LogP contribution in [0.15, 0.2) is 120 Å². The second-order valence-electron chi connectivity index (χ2n) is 10.1. The molecule has 0 amide bonds.